The Kier molecular flexibility index (Phi) is 2.70. The second-order valence-corrected chi connectivity index (χ2v) is 2.93. The molecule has 4 heteroatoms. The van der Waals surface area contributed by atoms with Gasteiger partial charge in [0.15, 0.2) is 0 Å². The molecule has 0 saturated carbocycles. The highest BCUT2D eigenvalue weighted by molar-refractivity contribution is 5.02. The molecule has 0 aliphatic heterocycles. The summed E-state index contributed by atoms with van der Waals surface area (Å²) in [5.74, 6) is 0. The lowest BCUT2D eigenvalue weighted by molar-refractivity contribution is 0.581. The fraction of sp³-hybridized carbons (Fsp3) is 0.556. The minimum atomic E-state index is -0.222. The zero-order valence-electron chi connectivity index (χ0n) is 8.20. The lowest BCUT2D eigenvalue weighted by Gasteiger charge is -2.07. The molecule has 1 aromatic rings. The number of aromatic nitrogens is 2. The van der Waals surface area contributed by atoms with Crippen LogP contribution in [-0.4, -0.2) is 9.13 Å². The van der Waals surface area contributed by atoms with E-state index in [0.29, 0.717) is 18.7 Å². The second-order valence-electron chi connectivity index (χ2n) is 2.93. The van der Waals surface area contributed by atoms with Gasteiger partial charge in [-0.1, -0.05) is 0 Å². The quantitative estimate of drug-likeness (QED) is 0.662. The summed E-state index contributed by atoms with van der Waals surface area (Å²) in [6.07, 6.45) is 1.61. The Hall–Kier alpha value is -1.32. The lowest BCUT2D eigenvalue weighted by atomic mass is 10.4. The molecule has 1 aromatic heterocycles. The number of hydrogen-bond donors (Lipinski definition) is 0. The predicted molar refractivity (Wildman–Crippen MR) is 51.0 cm³/mol. The summed E-state index contributed by atoms with van der Waals surface area (Å²) in [7, 11) is 0. The van der Waals surface area contributed by atoms with Gasteiger partial charge in [-0.25, -0.2) is 4.79 Å². The smallest absolute Gasteiger partial charge is 0.300 e. The molecule has 0 fully saturated rings. The van der Waals surface area contributed by atoms with E-state index < -0.39 is 0 Å². The third-order valence-electron chi connectivity index (χ3n) is 2.07. The first-order valence-electron chi connectivity index (χ1n) is 4.42. The molecular formula is C9H14N2O2. The number of nitrogens with zero attached hydrogens (tertiary/aromatic N) is 2. The van der Waals surface area contributed by atoms with Gasteiger partial charge in [0.05, 0.1) is 0 Å². The summed E-state index contributed by atoms with van der Waals surface area (Å²) in [5.41, 5.74) is 0.209. The van der Waals surface area contributed by atoms with E-state index >= 15 is 0 Å². The van der Waals surface area contributed by atoms with Gasteiger partial charge in [0.2, 0.25) is 0 Å². The van der Waals surface area contributed by atoms with Gasteiger partial charge in [0, 0.05) is 24.8 Å². The van der Waals surface area contributed by atoms with Crippen LogP contribution >= 0.6 is 0 Å². The van der Waals surface area contributed by atoms with Gasteiger partial charge in [0.1, 0.15) is 0 Å². The summed E-state index contributed by atoms with van der Waals surface area (Å²) in [6.45, 7) is 6.42. The highest BCUT2D eigenvalue weighted by Crippen LogP contribution is 1.85. The molecule has 0 unspecified atom stereocenters. The number of aryl methyl sites for hydroxylation is 2. The van der Waals surface area contributed by atoms with E-state index in [2.05, 4.69) is 0 Å². The van der Waals surface area contributed by atoms with Gasteiger partial charge in [-0.3, -0.25) is 9.36 Å². The fourth-order valence-electron chi connectivity index (χ4n) is 1.30. The highest BCUT2D eigenvalue weighted by atomic mass is 16.2. The van der Waals surface area contributed by atoms with Crippen LogP contribution in [0.3, 0.4) is 0 Å². The Morgan fingerprint density at radius 3 is 2.31 bits per heavy atom. The van der Waals surface area contributed by atoms with E-state index in [0.717, 1.165) is 0 Å². The minimum Gasteiger partial charge on any atom is -0.300 e. The molecule has 72 valence electrons. The number of hydrogen-bond acceptors (Lipinski definition) is 2. The van der Waals surface area contributed by atoms with Gasteiger partial charge in [0.25, 0.3) is 5.56 Å². The zero-order valence-corrected chi connectivity index (χ0v) is 8.20. The van der Waals surface area contributed by atoms with Gasteiger partial charge >= 0.3 is 5.69 Å². The molecule has 4 nitrogen and oxygen atoms in total. The molecule has 0 amide bonds. The third kappa shape index (κ3) is 1.56. The maximum atomic E-state index is 11.5. The van der Waals surface area contributed by atoms with Crippen LogP contribution in [-0.2, 0) is 13.1 Å². The van der Waals surface area contributed by atoms with Crippen LogP contribution in [0.4, 0.5) is 0 Å². The molecule has 0 saturated heterocycles. The molecular weight excluding hydrogens is 168 g/mol. The third-order valence-corrected chi connectivity index (χ3v) is 2.07. The van der Waals surface area contributed by atoms with E-state index in [9.17, 15) is 9.59 Å². The summed E-state index contributed by atoms with van der Waals surface area (Å²) in [6, 6.07) is 0. The molecule has 0 spiro atoms. The van der Waals surface area contributed by atoms with Crippen LogP contribution < -0.4 is 11.2 Å². The SMILES string of the molecule is CCn1cc(C)c(=O)n(CC)c1=O. The van der Waals surface area contributed by atoms with Crippen LogP contribution in [0.5, 0.6) is 0 Å². The second kappa shape index (κ2) is 3.60. The van der Waals surface area contributed by atoms with Gasteiger partial charge in [-0.15, -0.1) is 0 Å². The molecule has 0 aliphatic rings. The van der Waals surface area contributed by atoms with Crippen molar-refractivity contribution in [3.05, 3.63) is 32.6 Å². The predicted octanol–water partition coefficient (Wildman–Crippen LogP) is 0.358. The Morgan fingerprint density at radius 1 is 1.23 bits per heavy atom. The molecule has 0 aliphatic carbocycles. The molecule has 0 bridgehead atoms. The van der Waals surface area contributed by atoms with Crippen molar-refractivity contribution in [1.29, 1.82) is 0 Å². The minimum absolute atomic E-state index is 0.183. The normalized spacial score (nSPS) is 10.4. The number of rotatable bonds is 2. The van der Waals surface area contributed by atoms with Gasteiger partial charge in [-0.2, -0.15) is 0 Å². The van der Waals surface area contributed by atoms with Crippen molar-refractivity contribution in [2.45, 2.75) is 33.9 Å². The maximum absolute atomic E-state index is 11.5. The van der Waals surface area contributed by atoms with Crippen LogP contribution in [0.15, 0.2) is 15.8 Å². The first-order chi connectivity index (χ1) is 6.11. The zero-order chi connectivity index (χ0) is 10.0. The first-order valence-corrected chi connectivity index (χ1v) is 4.42. The van der Waals surface area contributed by atoms with Gasteiger partial charge < -0.3 is 4.57 Å². The van der Waals surface area contributed by atoms with E-state index in [1.165, 1.54) is 4.57 Å². The van der Waals surface area contributed by atoms with Crippen LogP contribution in [0.1, 0.15) is 19.4 Å². The average molecular weight is 182 g/mol. The van der Waals surface area contributed by atoms with Crippen molar-refractivity contribution in [3.63, 3.8) is 0 Å². The van der Waals surface area contributed by atoms with E-state index in [4.69, 9.17) is 0 Å². The van der Waals surface area contributed by atoms with E-state index in [1.54, 1.807) is 24.6 Å². The molecule has 1 rings (SSSR count). The summed E-state index contributed by atoms with van der Waals surface area (Å²) in [5, 5.41) is 0. The van der Waals surface area contributed by atoms with Crippen molar-refractivity contribution < 1.29 is 0 Å². The Balaban J connectivity index is 3.58. The topological polar surface area (TPSA) is 44.0 Å². The summed E-state index contributed by atoms with van der Waals surface area (Å²) >= 11 is 0. The largest absolute Gasteiger partial charge is 0.330 e. The molecule has 0 radical (unpaired) electrons. The lowest BCUT2D eigenvalue weighted by Crippen LogP contribution is -2.39. The highest BCUT2D eigenvalue weighted by Gasteiger charge is 2.04. The van der Waals surface area contributed by atoms with Crippen molar-refractivity contribution in [1.82, 2.24) is 9.13 Å². The first kappa shape index (κ1) is 9.77. The standard InChI is InChI=1S/C9H14N2O2/c1-4-10-6-7(3)8(12)11(5-2)9(10)13/h6H,4-5H2,1-3H3. The van der Waals surface area contributed by atoms with Crippen molar-refractivity contribution in [2.24, 2.45) is 0 Å². The molecule has 1 heterocycles. The van der Waals surface area contributed by atoms with Crippen LogP contribution in [0.2, 0.25) is 0 Å². The van der Waals surface area contributed by atoms with E-state index in [-0.39, 0.29) is 11.2 Å². The van der Waals surface area contributed by atoms with Crippen molar-refractivity contribution >= 4 is 0 Å². The van der Waals surface area contributed by atoms with Crippen molar-refractivity contribution in [3.8, 4) is 0 Å². The molecule has 0 N–H and O–H groups in total. The summed E-state index contributed by atoms with van der Waals surface area (Å²) in [4.78, 5) is 23.0. The Labute approximate surface area is 76.4 Å². The summed E-state index contributed by atoms with van der Waals surface area (Å²) < 4.78 is 2.79. The Bertz CT molecular complexity index is 415. The van der Waals surface area contributed by atoms with Crippen molar-refractivity contribution in [2.75, 3.05) is 0 Å². The Morgan fingerprint density at radius 2 is 1.85 bits per heavy atom. The van der Waals surface area contributed by atoms with Gasteiger partial charge in [-0.05, 0) is 20.8 Å². The molecule has 13 heavy (non-hydrogen) atoms. The monoisotopic (exact) mass is 182 g/mol. The fourth-order valence-corrected chi connectivity index (χ4v) is 1.30. The molecule has 0 atom stereocenters. The van der Waals surface area contributed by atoms with Crippen LogP contribution in [0.25, 0.3) is 0 Å². The molecule has 0 aromatic carbocycles. The van der Waals surface area contributed by atoms with Crippen LogP contribution in [0, 0.1) is 6.92 Å². The van der Waals surface area contributed by atoms with E-state index in [1.807, 2.05) is 6.92 Å². The average Bonchev–Trinajstić information content (AvgIpc) is 2.12. The maximum Gasteiger partial charge on any atom is 0.330 e.